The zero-order chi connectivity index (χ0) is 13.6. The second kappa shape index (κ2) is 4.31. The maximum atomic E-state index is 12.3. The van der Waals surface area contributed by atoms with Crippen LogP contribution in [0.1, 0.15) is 12.5 Å². The van der Waals surface area contributed by atoms with Crippen molar-refractivity contribution in [1.82, 2.24) is 4.31 Å². The van der Waals surface area contributed by atoms with Gasteiger partial charge in [0.05, 0.1) is 11.0 Å². The first kappa shape index (κ1) is 13.5. The van der Waals surface area contributed by atoms with Gasteiger partial charge in [-0.2, -0.15) is 4.31 Å². The zero-order valence-corrected chi connectivity index (χ0v) is 11.2. The Bertz CT molecular complexity index is 536. The van der Waals surface area contributed by atoms with Crippen molar-refractivity contribution in [2.45, 2.75) is 30.4 Å². The van der Waals surface area contributed by atoms with Crippen LogP contribution in [0.4, 0.5) is 0 Å². The van der Waals surface area contributed by atoms with Crippen molar-refractivity contribution in [1.29, 1.82) is 0 Å². The van der Waals surface area contributed by atoms with Gasteiger partial charge in [-0.15, -0.1) is 0 Å². The molecule has 2 N–H and O–H groups in total. The first-order valence-corrected chi connectivity index (χ1v) is 7.15. The summed E-state index contributed by atoms with van der Waals surface area (Å²) in [5, 5.41) is 19.5. The molecule has 1 aromatic rings. The van der Waals surface area contributed by atoms with E-state index >= 15 is 0 Å². The van der Waals surface area contributed by atoms with Gasteiger partial charge in [0.2, 0.25) is 10.0 Å². The van der Waals surface area contributed by atoms with Crippen LogP contribution in [-0.4, -0.2) is 47.7 Å². The normalized spacial score (nSPS) is 29.7. The number of sulfonamides is 1. The number of rotatable bonds is 2. The highest BCUT2D eigenvalue weighted by Gasteiger charge is 2.45. The number of β-amino-alcohol motifs (C(OH)–C–C–N with tert-alkyl or cyclic N) is 2. The van der Waals surface area contributed by atoms with Gasteiger partial charge in [-0.05, 0) is 26.0 Å². The summed E-state index contributed by atoms with van der Waals surface area (Å²) in [5.41, 5.74) is -0.417. The molecule has 0 unspecified atom stereocenters. The molecule has 1 fully saturated rings. The monoisotopic (exact) mass is 271 g/mol. The van der Waals surface area contributed by atoms with Crippen molar-refractivity contribution in [2.24, 2.45) is 0 Å². The van der Waals surface area contributed by atoms with Gasteiger partial charge in [0.15, 0.2) is 0 Å². The third kappa shape index (κ3) is 2.29. The van der Waals surface area contributed by atoms with E-state index in [0.717, 1.165) is 9.87 Å². The molecule has 0 aliphatic carbocycles. The van der Waals surface area contributed by atoms with Crippen LogP contribution in [0, 0.1) is 6.92 Å². The molecule has 0 amide bonds. The fourth-order valence-electron chi connectivity index (χ4n) is 1.96. The Labute approximate surface area is 107 Å². The molecule has 6 heteroatoms. The maximum Gasteiger partial charge on any atom is 0.243 e. The van der Waals surface area contributed by atoms with Crippen molar-refractivity contribution < 1.29 is 18.6 Å². The van der Waals surface area contributed by atoms with E-state index in [0.29, 0.717) is 0 Å². The smallest absolute Gasteiger partial charge is 0.243 e. The standard InChI is InChI=1S/C12H17NO4S/c1-9-3-5-10(6-4-9)18(16,17)13-7-11(14)12(2,15)8-13/h3-6,11,14-15H,7-8H2,1-2H3/t11-,12-/m1/s1. The highest BCUT2D eigenvalue weighted by atomic mass is 32.2. The molecule has 1 aromatic carbocycles. The Morgan fingerprint density at radius 3 is 2.33 bits per heavy atom. The largest absolute Gasteiger partial charge is 0.389 e. The fraction of sp³-hybridized carbons (Fsp3) is 0.500. The number of aliphatic hydroxyl groups is 2. The van der Waals surface area contributed by atoms with Crippen molar-refractivity contribution in [3.05, 3.63) is 29.8 Å². The van der Waals surface area contributed by atoms with E-state index in [4.69, 9.17) is 0 Å². The number of aliphatic hydroxyl groups excluding tert-OH is 1. The average molecular weight is 271 g/mol. The van der Waals surface area contributed by atoms with Crippen molar-refractivity contribution >= 4 is 10.0 Å². The van der Waals surface area contributed by atoms with Gasteiger partial charge < -0.3 is 10.2 Å². The lowest BCUT2D eigenvalue weighted by molar-refractivity contribution is -0.0250. The molecule has 0 spiro atoms. The van der Waals surface area contributed by atoms with Gasteiger partial charge in [0.25, 0.3) is 0 Å². The van der Waals surface area contributed by atoms with Crippen LogP contribution in [0.15, 0.2) is 29.2 Å². The SMILES string of the molecule is Cc1ccc(S(=O)(=O)N2C[C@@H](O)[C@](C)(O)C2)cc1. The summed E-state index contributed by atoms with van der Waals surface area (Å²) in [4.78, 5) is 0.179. The Morgan fingerprint density at radius 1 is 1.33 bits per heavy atom. The maximum absolute atomic E-state index is 12.3. The molecule has 100 valence electrons. The highest BCUT2D eigenvalue weighted by molar-refractivity contribution is 7.89. The minimum Gasteiger partial charge on any atom is -0.389 e. The van der Waals surface area contributed by atoms with Gasteiger partial charge in [-0.25, -0.2) is 8.42 Å². The molecule has 0 aromatic heterocycles. The quantitative estimate of drug-likeness (QED) is 0.800. The Hall–Kier alpha value is -0.950. The Morgan fingerprint density at radius 2 is 1.89 bits per heavy atom. The van der Waals surface area contributed by atoms with Crippen LogP contribution >= 0.6 is 0 Å². The molecule has 1 heterocycles. The van der Waals surface area contributed by atoms with Gasteiger partial charge in [-0.1, -0.05) is 17.7 Å². The second-order valence-electron chi connectivity index (χ2n) is 4.98. The number of benzene rings is 1. The summed E-state index contributed by atoms with van der Waals surface area (Å²) in [5.74, 6) is 0. The van der Waals surface area contributed by atoms with E-state index in [1.54, 1.807) is 12.1 Å². The molecular formula is C12H17NO4S. The van der Waals surface area contributed by atoms with Crippen molar-refractivity contribution in [3.63, 3.8) is 0 Å². The molecule has 0 bridgehead atoms. The topological polar surface area (TPSA) is 77.8 Å². The second-order valence-corrected chi connectivity index (χ2v) is 6.92. The van der Waals surface area contributed by atoms with Gasteiger partial charge in [-0.3, -0.25) is 0 Å². The van der Waals surface area contributed by atoms with Crippen LogP contribution in [0.2, 0.25) is 0 Å². The van der Waals surface area contributed by atoms with Crippen molar-refractivity contribution in [2.75, 3.05) is 13.1 Å². The third-order valence-electron chi connectivity index (χ3n) is 3.25. The lowest BCUT2D eigenvalue weighted by Gasteiger charge is -2.19. The van der Waals surface area contributed by atoms with Gasteiger partial charge >= 0.3 is 0 Å². The molecule has 1 aliphatic heterocycles. The summed E-state index contributed by atoms with van der Waals surface area (Å²) in [6, 6.07) is 6.50. The first-order valence-electron chi connectivity index (χ1n) is 5.71. The van der Waals surface area contributed by atoms with E-state index in [1.165, 1.54) is 19.1 Å². The molecule has 5 nitrogen and oxygen atoms in total. The predicted octanol–water partition coefficient (Wildman–Crippen LogP) is 0.111. The van der Waals surface area contributed by atoms with E-state index in [2.05, 4.69) is 0 Å². The summed E-state index contributed by atoms with van der Waals surface area (Å²) in [6.45, 7) is 3.14. The molecule has 1 aliphatic rings. The summed E-state index contributed by atoms with van der Waals surface area (Å²) in [7, 11) is -3.65. The number of aryl methyl sites for hydroxylation is 1. The molecule has 0 saturated carbocycles. The minimum absolute atomic E-state index is 0.0801. The number of hydrogen-bond donors (Lipinski definition) is 2. The zero-order valence-electron chi connectivity index (χ0n) is 10.4. The molecule has 18 heavy (non-hydrogen) atoms. The lowest BCUT2D eigenvalue weighted by Crippen LogP contribution is -2.38. The van der Waals surface area contributed by atoms with E-state index in [-0.39, 0.29) is 18.0 Å². The van der Waals surface area contributed by atoms with Crippen molar-refractivity contribution in [3.8, 4) is 0 Å². The number of hydrogen-bond acceptors (Lipinski definition) is 4. The van der Waals surface area contributed by atoms with Crippen LogP contribution in [0.3, 0.4) is 0 Å². The summed E-state index contributed by atoms with van der Waals surface area (Å²) < 4.78 is 25.7. The van der Waals surface area contributed by atoms with Gasteiger partial charge in [0.1, 0.15) is 5.60 Å². The fourth-order valence-corrected chi connectivity index (χ4v) is 3.51. The predicted molar refractivity (Wildman–Crippen MR) is 66.6 cm³/mol. The summed E-state index contributed by atoms with van der Waals surface area (Å²) in [6.07, 6.45) is -1.06. The first-order chi connectivity index (χ1) is 8.23. The van der Waals surface area contributed by atoms with E-state index in [1.807, 2.05) is 6.92 Å². The molecule has 2 atom stereocenters. The van der Waals surface area contributed by atoms with Crippen LogP contribution in [0.5, 0.6) is 0 Å². The highest BCUT2D eigenvalue weighted by Crippen LogP contribution is 2.27. The van der Waals surface area contributed by atoms with Crippen LogP contribution in [0.25, 0.3) is 0 Å². The minimum atomic E-state index is -3.65. The number of nitrogens with zero attached hydrogens (tertiary/aromatic N) is 1. The molecule has 1 saturated heterocycles. The Kier molecular flexibility index (Phi) is 3.23. The average Bonchev–Trinajstić information content (AvgIpc) is 2.55. The Balaban J connectivity index is 2.31. The lowest BCUT2D eigenvalue weighted by atomic mass is 10.0. The molecule has 0 radical (unpaired) electrons. The third-order valence-corrected chi connectivity index (χ3v) is 5.08. The van der Waals surface area contributed by atoms with Crippen LogP contribution < -0.4 is 0 Å². The summed E-state index contributed by atoms with van der Waals surface area (Å²) >= 11 is 0. The van der Waals surface area contributed by atoms with E-state index in [9.17, 15) is 18.6 Å². The molecule has 2 rings (SSSR count). The van der Waals surface area contributed by atoms with Crippen LogP contribution in [-0.2, 0) is 10.0 Å². The molecular weight excluding hydrogens is 254 g/mol. The van der Waals surface area contributed by atoms with Gasteiger partial charge in [0, 0.05) is 13.1 Å². The van der Waals surface area contributed by atoms with E-state index < -0.39 is 21.7 Å².